The van der Waals surface area contributed by atoms with Gasteiger partial charge in [0.05, 0.1) is 43.6 Å². The fourth-order valence-corrected chi connectivity index (χ4v) is 3.23. The van der Waals surface area contributed by atoms with Gasteiger partial charge in [-0.25, -0.2) is 19.4 Å². The molecule has 0 unspecified atom stereocenters. The highest BCUT2D eigenvalue weighted by molar-refractivity contribution is 5.96. The van der Waals surface area contributed by atoms with Crippen molar-refractivity contribution in [1.82, 2.24) is 19.7 Å². The van der Waals surface area contributed by atoms with Crippen LogP contribution in [0.5, 0.6) is 0 Å². The van der Waals surface area contributed by atoms with E-state index in [2.05, 4.69) is 20.0 Å². The predicted octanol–water partition coefficient (Wildman–Crippen LogP) is 2.26. The van der Waals surface area contributed by atoms with Crippen LogP contribution in [0.1, 0.15) is 16.1 Å². The molecule has 3 aromatic rings. The maximum Gasteiger partial charge on any atom is 0.341 e. The summed E-state index contributed by atoms with van der Waals surface area (Å²) in [6.07, 6.45) is 3.26. The van der Waals surface area contributed by atoms with Gasteiger partial charge in [0.1, 0.15) is 5.56 Å². The second-order valence-corrected chi connectivity index (χ2v) is 6.41. The number of hydrogen-bond acceptors (Lipinski definition) is 7. The number of benzene rings is 1. The molecule has 28 heavy (non-hydrogen) atoms. The quantitative estimate of drug-likeness (QED) is 0.643. The lowest BCUT2D eigenvalue weighted by Crippen LogP contribution is -2.37. The molecule has 0 spiro atoms. The second-order valence-electron chi connectivity index (χ2n) is 6.41. The summed E-state index contributed by atoms with van der Waals surface area (Å²) >= 11 is 0. The fraction of sp³-hybridized carbons (Fsp3) is 0.300. The Morgan fingerprint density at radius 2 is 1.89 bits per heavy atom. The lowest BCUT2D eigenvalue weighted by atomic mass is 10.1. The smallest absolute Gasteiger partial charge is 0.341 e. The highest BCUT2D eigenvalue weighted by atomic mass is 16.5. The van der Waals surface area contributed by atoms with Crippen molar-refractivity contribution in [3.8, 4) is 16.9 Å². The van der Waals surface area contributed by atoms with Gasteiger partial charge in [-0.15, -0.1) is 0 Å². The van der Waals surface area contributed by atoms with Crippen molar-refractivity contribution in [2.75, 3.05) is 38.3 Å². The number of rotatable bonds is 4. The first-order chi connectivity index (χ1) is 13.7. The van der Waals surface area contributed by atoms with Crippen LogP contribution in [-0.4, -0.2) is 59.1 Å². The van der Waals surface area contributed by atoms with Crippen LogP contribution in [0.4, 0.5) is 5.95 Å². The number of aryl methyl sites for hydroxylation is 1. The van der Waals surface area contributed by atoms with Gasteiger partial charge in [0, 0.05) is 24.8 Å². The molecule has 8 nitrogen and oxygen atoms in total. The standard InChI is InChI=1S/C20H21N5O3/c1-14-16(12-21-20(23-14)24-8-10-28-11-9-24)18-17(19(26)27-2)13-22-25(18)15-6-4-3-5-7-15/h3-7,12-13H,8-11H2,1-2H3. The van der Waals surface area contributed by atoms with E-state index in [1.165, 1.54) is 13.3 Å². The van der Waals surface area contributed by atoms with E-state index in [0.29, 0.717) is 30.4 Å². The first kappa shape index (κ1) is 18.1. The van der Waals surface area contributed by atoms with Gasteiger partial charge in [0.2, 0.25) is 5.95 Å². The molecule has 1 saturated heterocycles. The van der Waals surface area contributed by atoms with E-state index in [1.807, 2.05) is 37.3 Å². The molecule has 4 rings (SSSR count). The molecule has 1 aliphatic rings. The Bertz CT molecular complexity index is 981. The normalized spacial score (nSPS) is 14.1. The predicted molar refractivity (Wildman–Crippen MR) is 104 cm³/mol. The zero-order valence-corrected chi connectivity index (χ0v) is 15.8. The Morgan fingerprint density at radius 1 is 1.14 bits per heavy atom. The summed E-state index contributed by atoms with van der Waals surface area (Å²) in [5, 5.41) is 4.42. The van der Waals surface area contributed by atoms with Crippen molar-refractivity contribution in [2.45, 2.75) is 6.92 Å². The molecule has 1 fully saturated rings. The summed E-state index contributed by atoms with van der Waals surface area (Å²) in [6.45, 7) is 4.75. The van der Waals surface area contributed by atoms with E-state index in [-0.39, 0.29) is 0 Å². The average Bonchev–Trinajstić information content (AvgIpc) is 3.19. The molecule has 144 valence electrons. The number of carbonyl (C=O) groups is 1. The number of carbonyl (C=O) groups excluding carboxylic acids is 1. The number of para-hydroxylation sites is 1. The number of aromatic nitrogens is 4. The summed E-state index contributed by atoms with van der Waals surface area (Å²) in [7, 11) is 1.36. The third-order valence-corrected chi connectivity index (χ3v) is 4.69. The van der Waals surface area contributed by atoms with Crippen molar-refractivity contribution in [3.05, 3.63) is 54.0 Å². The molecule has 0 amide bonds. The molecular weight excluding hydrogens is 358 g/mol. The van der Waals surface area contributed by atoms with Gasteiger partial charge in [0.25, 0.3) is 0 Å². The van der Waals surface area contributed by atoms with Crippen LogP contribution < -0.4 is 4.90 Å². The lowest BCUT2D eigenvalue weighted by Gasteiger charge is -2.27. The van der Waals surface area contributed by atoms with Crippen molar-refractivity contribution in [3.63, 3.8) is 0 Å². The van der Waals surface area contributed by atoms with E-state index in [0.717, 1.165) is 30.0 Å². The van der Waals surface area contributed by atoms with Gasteiger partial charge in [0.15, 0.2) is 0 Å². The number of esters is 1. The van der Waals surface area contributed by atoms with E-state index in [1.54, 1.807) is 10.9 Å². The molecule has 1 aromatic carbocycles. The SMILES string of the molecule is COC(=O)c1cnn(-c2ccccc2)c1-c1cnc(N2CCOCC2)nc1C. The molecule has 0 radical (unpaired) electrons. The van der Waals surface area contributed by atoms with Gasteiger partial charge in [-0.2, -0.15) is 5.10 Å². The number of methoxy groups -OCH3 is 1. The van der Waals surface area contributed by atoms with Crippen molar-refractivity contribution < 1.29 is 14.3 Å². The molecule has 1 aliphatic heterocycles. The Morgan fingerprint density at radius 3 is 2.57 bits per heavy atom. The van der Waals surface area contributed by atoms with Crippen LogP contribution in [0.3, 0.4) is 0 Å². The Balaban J connectivity index is 1.81. The largest absolute Gasteiger partial charge is 0.465 e. The van der Waals surface area contributed by atoms with Gasteiger partial charge in [-0.3, -0.25) is 0 Å². The number of hydrogen-bond donors (Lipinski definition) is 0. The fourth-order valence-electron chi connectivity index (χ4n) is 3.23. The van der Waals surface area contributed by atoms with Gasteiger partial charge in [-0.05, 0) is 19.1 Å². The molecule has 0 N–H and O–H groups in total. The van der Waals surface area contributed by atoms with Gasteiger partial charge < -0.3 is 14.4 Å². The van der Waals surface area contributed by atoms with Crippen LogP contribution in [-0.2, 0) is 9.47 Å². The summed E-state index contributed by atoms with van der Waals surface area (Å²) in [5.41, 5.74) is 3.32. The highest BCUT2D eigenvalue weighted by Gasteiger charge is 2.24. The van der Waals surface area contributed by atoms with E-state index >= 15 is 0 Å². The minimum atomic E-state index is -0.450. The average molecular weight is 379 g/mol. The van der Waals surface area contributed by atoms with Crippen molar-refractivity contribution in [2.24, 2.45) is 0 Å². The summed E-state index contributed by atoms with van der Waals surface area (Å²) < 4.78 is 12.1. The van der Waals surface area contributed by atoms with Crippen molar-refractivity contribution >= 4 is 11.9 Å². The molecule has 0 aliphatic carbocycles. The number of ether oxygens (including phenoxy) is 2. The Labute approximate surface area is 162 Å². The number of anilines is 1. The summed E-state index contributed by atoms with van der Waals surface area (Å²) in [6, 6.07) is 9.62. The lowest BCUT2D eigenvalue weighted by molar-refractivity contribution is 0.0601. The highest BCUT2D eigenvalue weighted by Crippen LogP contribution is 2.29. The topological polar surface area (TPSA) is 82.4 Å². The number of nitrogens with zero attached hydrogens (tertiary/aromatic N) is 5. The van der Waals surface area contributed by atoms with Crippen LogP contribution >= 0.6 is 0 Å². The minimum absolute atomic E-state index is 0.372. The zero-order chi connectivity index (χ0) is 19.5. The third-order valence-electron chi connectivity index (χ3n) is 4.69. The molecule has 3 heterocycles. The first-order valence-electron chi connectivity index (χ1n) is 9.07. The molecule has 8 heteroatoms. The monoisotopic (exact) mass is 379 g/mol. The van der Waals surface area contributed by atoms with Crippen LogP contribution in [0.2, 0.25) is 0 Å². The first-order valence-corrected chi connectivity index (χ1v) is 9.07. The molecular formula is C20H21N5O3. The second kappa shape index (κ2) is 7.77. The molecule has 2 aromatic heterocycles. The zero-order valence-electron chi connectivity index (χ0n) is 15.8. The van der Waals surface area contributed by atoms with E-state index in [4.69, 9.17) is 9.47 Å². The van der Waals surface area contributed by atoms with Gasteiger partial charge in [-0.1, -0.05) is 18.2 Å². The molecule has 0 bridgehead atoms. The Hall–Kier alpha value is -3.26. The third kappa shape index (κ3) is 3.34. The summed E-state index contributed by atoms with van der Waals surface area (Å²) in [5.74, 6) is 0.212. The maximum atomic E-state index is 12.3. The molecule has 0 saturated carbocycles. The number of morpholine rings is 1. The summed E-state index contributed by atoms with van der Waals surface area (Å²) in [4.78, 5) is 23.7. The van der Waals surface area contributed by atoms with Crippen LogP contribution in [0.25, 0.3) is 16.9 Å². The van der Waals surface area contributed by atoms with E-state index in [9.17, 15) is 4.79 Å². The molecule has 0 atom stereocenters. The minimum Gasteiger partial charge on any atom is -0.465 e. The van der Waals surface area contributed by atoms with E-state index < -0.39 is 5.97 Å². The maximum absolute atomic E-state index is 12.3. The van der Waals surface area contributed by atoms with Crippen molar-refractivity contribution in [1.29, 1.82) is 0 Å². The van der Waals surface area contributed by atoms with Crippen LogP contribution in [0, 0.1) is 6.92 Å². The van der Waals surface area contributed by atoms with Crippen LogP contribution in [0.15, 0.2) is 42.7 Å². The Kier molecular flexibility index (Phi) is 5.03. The van der Waals surface area contributed by atoms with Gasteiger partial charge >= 0.3 is 5.97 Å².